The van der Waals surface area contributed by atoms with Gasteiger partial charge in [-0.1, -0.05) is 0 Å². The van der Waals surface area contributed by atoms with Crippen molar-refractivity contribution < 1.29 is 32.7 Å². The average Bonchev–Trinajstić information content (AvgIpc) is 2.55. The smallest absolute Gasteiger partial charge is 0.382 e. The number of phosphoric ester groups is 1. The van der Waals surface area contributed by atoms with Crippen LogP contribution in [0.4, 0.5) is 0 Å². The molecule has 0 saturated carbocycles. The third kappa shape index (κ3) is 3.72. The van der Waals surface area contributed by atoms with Crippen LogP contribution in [0.1, 0.15) is 6.92 Å². The molecule has 0 aromatic rings. The van der Waals surface area contributed by atoms with E-state index in [1.165, 1.54) is 14.2 Å². The molecule has 7 nitrogen and oxygen atoms in total. The van der Waals surface area contributed by atoms with Gasteiger partial charge in [-0.05, 0) is 6.92 Å². The Morgan fingerprint density at radius 1 is 1.29 bits per heavy atom. The molecule has 1 saturated heterocycles. The summed E-state index contributed by atoms with van der Waals surface area (Å²) in [5, 5.41) is 0. The maximum atomic E-state index is 11.4. The van der Waals surface area contributed by atoms with Gasteiger partial charge in [-0.3, -0.25) is 9.05 Å². The van der Waals surface area contributed by atoms with Crippen LogP contribution in [0.5, 0.6) is 0 Å². The van der Waals surface area contributed by atoms with Crippen LogP contribution in [0.15, 0.2) is 0 Å². The molecule has 102 valence electrons. The summed E-state index contributed by atoms with van der Waals surface area (Å²) in [5.41, 5.74) is 0. The molecule has 5 atom stereocenters. The Bertz CT molecular complexity index is 285. The Morgan fingerprint density at radius 2 is 1.94 bits per heavy atom. The monoisotopic (exact) mass is 270 g/mol. The Morgan fingerprint density at radius 3 is 2.41 bits per heavy atom. The lowest BCUT2D eigenvalue weighted by Crippen LogP contribution is -2.37. The van der Waals surface area contributed by atoms with Crippen molar-refractivity contribution >= 4 is 7.82 Å². The van der Waals surface area contributed by atoms with Gasteiger partial charge in [-0.25, -0.2) is 4.57 Å². The number of rotatable bonds is 6. The van der Waals surface area contributed by atoms with Gasteiger partial charge in [0.15, 0.2) is 0 Å². The van der Waals surface area contributed by atoms with E-state index in [4.69, 9.17) is 18.7 Å². The van der Waals surface area contributed by atoms with Crippen molar-refractivity contribution in [1.29, 1.82) is 0 Å². The van der Waals surface area contributed by atoms with Crippen molar-refractivity contribution in [2.24, 2.45) is 0 Å². The van der Waals surface area contributed by atoms with E-state index >= 15 is 0 Å². The Balaban J connectivity index is 2.77. The largest absolute Gasteiger partial charge is 0.472 e. The highest BCUT2D eigenvalue weighted by molar-refractivity contribution is 7.47. The Hall–Kier alpha value is -0.0100. The van der Waals surface area contributed by atoms with Gasteiger partial charge >= 0.3 is 7.82 Å². The summed E-state index contributed by atoms with van der Waals surface area (Å²) in [6, 6.07) is 0. The first-order valence-corrected chi connectivity index (χ1v) is 6.68. The molecule has 1 N–H and O–H groups in total. The molecule has 0 aromatic carbocycles. The average molecular weight is 270 g/mol. The highest BCUT2D eigenvalue weighted by Gasteiger charge is 2.46. The molecule has 1 fully saturated rings. The van der Waals surface area contributed by atoms with Crippen LogP contribution >= 0.6 is 7.82 Å². The molecule has 8 heteroatoms. The minimum absolute atomic E-state index is 0.248. The van der Waals surface area contributed by atoms with Crippen LogP contribution in [-0.2, 0) is 27.8 Å². The molecule has 0 spiro atoms. The molecule has 1 aliphatic rings. The van der Waals surface area contributed by atoms with Crippen LogP contribution in [0.3, 0.4) is 0 Å². The van der Waals surface area contributed by atoms with Gasteiger partial charge in [0.1, 0.15) is 18.3 Å². The lowest BCUT2D eigenvalue weighted by atomic mass is 10.1. The van der Waals surface area contributed by atoms with Crippen molar-refractivity contribution in [1.82, 2.24) is 0 Å². The standard InChI is InChI=1S/C9H19O7P/c1-6-8(13-3)9(7(15-6)5-12-2)16-17(10,11)14-4/h6-9H,5H2,1-4H3,(H,10,11). The summed E-state index contributed by atoms with van der Waals surface area (Å²) in [5.74, 6) is 0. The van der Waals surface area contributed by atoms with Crippen molar-refractivity contribution in [3.63, 3.8) is 0 Å². The normalized spacial score (nSPS) is 37.0. The third-order valence-electron chi connectivity index (χ3n) is 2.63. The molecule has 0 aliphatic carbocycles. The molecule has 1 heterocycles. The summed E-state index contributed by atoms with van der Waals surface area (Å²) in [4.78, 5) is 9.33. The molecule has 0 bridgehead atoms. The predicted molar refractivity (Wildman–Crippen MR) is 58.7 cm³/mol. The molecule has 0 amide bonds. The second-order valence-corrected chi connectivity index (χ2v) is 5.27. The van der Waals surface area contributed by atoms with E-state index in [1.807, 2.05) is 0 Å². The van der Waals surface area contributed by atoms with E-state index in [9.17, 15) is 9.46 Å². The van der Waals surface area contributed by atoms with Crippen LogP contribution in [0.2, 0.25) is 0 Å². The van der Waals surface area contributed by atoms with Crippen molar-refractivity contribution in [3.05, 3.63) is 0 Å². The SMILES string of the molecule is COCC1OC(C)C(OC)C1OP(=O)(O)OC. The lowest BCUT2D eigenvalue weighted by molar-refractivity contribution is -0.0297. The molecular weight excluding hydrogens is 251 g/mol. The molecule has 17 heavy (non-hydrogen) atoms. The topological polar surface area (TPSA) is 83.5 Å². The summed E-state index contributed by atoms with van der Waals surface area (Å²) in [6.07, 6.45) is -1.85. The number of hydrogen-bond donors (Lipinski definition) is 1. The maximum Gasteiger partial charge on any atom is 0.472 e. The van der Waals surface area contributed by atoms with Gasteiger partial charge in [-0.15, -0.1) is 0 Å². The minimum Gasteiger partial charge on any atom is -0.382 e. The highest BCUT2D eigenvalue weighted by atomic mass is 31.2. The van der Waals surface area contributed by atoms with E-state index in [2.05, 4.69) is 4.52 Å². The number of phosphoric acid groups is 1. The molecule has 5 unspecified atom stereocenters. The van der Waals surface area contributed by atoms with E-state index in [-0.39, 0.29) is 12.7 Å². The van der Waals surface area contributed by atoms with E-state index in [0.717, 1.165) is 7.11 Å². The molecule has 0 aromatic heterocycles. The highest BCUT2D eigenvalue weighted by Crippen LogP contribution is 2.46. The van der Waals surface area contributed by atoms with Gasteiger partial charge < -0.3 is 19.1 Å². The molecule has 0 radical (unpaired) electrons. The first-order chi connectivity index (χ1) is 7.95. The first-order valence-electron chi connectivity index (χ1n) is 5.19. The van der Waals surface area contributed by atoms with Crippen LogP contribution in [0.25, 0.3) is 0 Å². The van der Waals surface area contributed by atoms with Crippen LogP contribution < -0.4 is 0 Å². The van der Waals surface area contributed by atoms with Crippen LogP contribution in [0, 0.1) is 0 Å². The number of ether oxygens (including phenoxy) is 3. The Kier molecular flexibility index (Phi) is 5.53. The fourth-order valence-corrected chi connectivity index (χ4v) is 2.51. The van der Waals surface area contributed by atoms with Crippen molar-refractivity contribution in [2.45, 2.75) is 31.3 Å². The fourth-order valence-electron chi connectivity index (χ4n) is 1.86. The first kappa shape index (κ1) is 15.0. The lowest BCUT2D eigenvalue weighted by Gasteiger charge is -2.23. The van der Waals surface area contributed by atoms with E-state index in [1.54, 1.807) is 6.92 Å². The van der Waals surface area contributed by atoms with Crippen molar-refractivity contribution in [2.75, 3.05) is 27.9 Å². The maximum absolute atomic E-state index is 11.4. The summed E-state index contributed by atoms with van der Waals surface area (Å²) in [7, 11) is 0.0333. The van der Waals surface area contributed by atoms with Crippen molar-refractivity contribution in [3.8, 4) is 0 Å². The minimum atomic E-state index is -4.08. The predicted octanol–water partition coefficient (Wildman–Crippen LogP) is 0.567. The zero-order chi connectivity index (χ0) is 13.1. The molecule has 1 aliphatic heterocycles. The van der Waals surface area contributed by atoms with Gasteiger partial charge in [-0.2, -0.15) is 0 Å². The zero-order valence-corrected chi connectivity index (χ0v) is 11.3. The molecular formula is C9H19O7P. The molecule has 1 rings (SSSR count). The zero-order valence-electron chi connectivity index (χ0n) is 10.4. The van der Waals surface area contributed by atoms with E-state index in [0.29, 0.717) is 0 Å². The Labute approximate surface area is 101 Å². The van der Waals surface area contributed by atoms with Gasteiger partial charge in [0.25, 0.3) is 0 Å². The fraction of sp³-hybridized carbons (Fsp3) is 1.00. The van der Waals surface area contributed by atoms with E-state index < -0.39 is 26.1 Å². The van der Waals surface area contributed by atoms with Gasteiger partial charge in [0.2, 0.25) is 0 Å². The van der Waals surface area contributed by atoms with Gasteiger partial charge in [0.05, 0.1) is 12.7 Å². The summed E-state index contributed by atoms with van der Waals surface area (Å²) < 4.78 is 36.6. The number of methoxy groups -OCH3 is 2. The van der Waals surface area contributed by atoms with Gasteiger partial charge in [0, 0.05) is 21.3 Å². The second-order valence-electron chi connectivity index (χ2n) is 3.76. The summed E-state index contributed by atoms with van der Waals surface area (Å²) in [6.45, 7) is 2.05. The summed E-state index contributed by atoms with van der Waals surface area (Å²) >= 11 is 0. The quantitative estimate of drug-likeness (QED) is 0.706. The third-order valence-corrected chi connectivity index (χ3v) is 3.60. The second kappa shape index (κ2) is 6.24. The van der Waals surface area contributed by atoms with Crippen LogP contribution in [-0.4, -0.2) is 57.2 Å². The number of hydrogen-bond acceptors (Lipinski definition) is 6.